The van der Waals surface area contributed by atoms with Gasteiger partial charge >= 0.3 is 0 Å². The molecule has 1 aliphatic heterocycles. The van der Waals surface area contributed by atoms with E-state index in [0.717, 1.165) is 23.6 Å². The van der Waals surface area contributed by atoms with Gasteiger partial charge in [0.05, 0.1) is 6.61 Å². The van der Waals surface area contributed by atoms with Crippen LogP contribution in [0, 0.1) is 5.92 Å². The fourth-order valence-corrected chi connectivity index (χ4v) is 4.57. The number of para-hydroxylation sites is 1. The number of carbonyl (C=O) groups excluding carboxylic acids is 2. The van der Waals surface area contributed by atoms with E-state index in [0.29, 0.717) is 48.3 Å². The Bertz CT molecular complexity index is 1070. The first-order valence-electron chi connectivity index (χ1n) is 10.9. The predicted molar refractivity (Wildman–Crippen MR) is 129 cm³/mol. The van der Waals surface area contributed by atoms with Crippen molar-refractivity contribution in [3.63, 3.8) is 0 Å². The fourth-order valence-electron chi connectivity index (χ4n) is 3.66. The number of likely N-dealkylation sites (tertiary alicyclic amines) is 1. The van der Waals surface area contributed by atoms with E-state index in [1.165, 1.54) is 11.3 Å². The molecule has 2 amide bonds. The second-order valence-corrected chi connectivity index (χ2v) is 9.33. The van der Waals surface area contributed by atoms with E-state index in [1.54, 1.807) is 29.2 Å². The Kier molecular flexibility index (Phi) is 7.91. The van der Waals surface area contributed by atoms with Crippen LogP contribution in [0.15, 0.2) is 54.6 Å². The monoisotopic (exact) mass is 484 g/mol. The summed E-state index contributed by atoms with van der Waals surface area (Å²) in [5.74, 6) is 0.605. The molecule has 172 valence electrons. The summed E-state index contributed by atoms with van der Waals surface area (Å²) >= 11 is 7.29. The van der Waals surface area contributed by atoms with Crippen LogP contribution in [-0.4, -0.2) is 46.6 Å². The molecule has 7 nitrogen and oxygen atoms in total. The number of hydrogen-bond acceptors (Lipinski definition) is 6. The van der Waals surface area contributed by atoms with Crippen molar-refractivity contribution in [2.45, 2.75) is 25.7 Å². The van der Waals surface area contributed by atoms with Crippen LogP contribution in [0.1, 0.15) is 34.6 Å². The smallest absolute Gasteiger partial charge is 0.253 e. The van der Waals surface area contributed by atoms with Gasteiger partial charge in [-0.3, -0.25) is 9.59 Å². The minimum atomic E-state index is -0.147. The maximum atomic E-state index is 12.7. The van der Waals surface area contributed by atoms with Crippen molar-refractivity contribution in [2.24, 2.45) is 5.92 Å². The molecule has 9 heteroatoms. The van der Waals surface area contributed by atoms with Crippen LogP contribution in [0.4, 0.5) is 5.13 Å². The van der Waals surface area contributed by atoms with E-state index in [1.807, 2.05) is 30.3 Å². The van der Waals surface area contributed by atoms with E-state index in [-0.39, 0.29) is 17.7 Å². The number of carbonyl (C=O) groups is 2. The molecule has 0 aliphatic carbocycles. The second kappa shape index (κ2) is 11.2. The highest BCUT2D eigenvalue weighted by molar-refractivity contribution is 7.15. The zero-order chi connectivity index (χ0) is 23.0. The van der Waals surface area contributed by atoms with Crippen LogP contribution in [0.5, 0.6) is 5.75 Å². The summed E-state index contributed by atoms with van der Waals surface area (Å²) in [6.45, 7) is 1.68. The average molecular weight is 485 g/mol. The number of piperidine rings is 1. The molecular weight excluding hydrogens is 460 g/mol. The lowest BCUT2D eigenvalue weighted by atomic mass is 9.95. The minimum absolute atomic E-state index is 0.0319. The van der Waals surface area contributed by atoms with Crippen LogP contribution >= 0.6 is 22.9 Å². The van der Waals surface area contributed by atoms with Crippen molar-refractivity contribution in [3.8, 4) is 5.75 Å². The van der Waals surface area contributed by atoms with Crippen LogP contribution in [0.25, 0.3) is 0 Å². The van der Waals surface area contributed by atoms with Crippen LogP contribution in [0.2, 0.25) is 5.02 Å². The van der Waals surface area contributed by atoms with Gasteiger partial charge in [0.15, 0.2) is 0 Å². The van der Waals surface area contributed by atoms with Gasteiger partial charge in [-0.15, -0.1) is 10.2 Å². The third kappa shape index (κ3) is 6.52. The summed E-state index contributed by atoms with van der Waals surface area (Å²) in [5.41, 5.74) is 0.609. The standard InChI is InChI=1S/C24H25ClN4O3S/c25-19-10-8-18(9-11-19)23(31)29-14-12-17(13-15-29)22(30)26-24-28-27-21(33-24)7-4-16-32-20-5-2-1-3-6-20/h1-3,5-6,8-11,17H,4,7,12-16H2,(H,26,28,30). The van der Waals surface area contributed by atoms with Gasteiger partial charge in [-0.25, -0.2) is 0 Å². The predicted octanol–water partition coefficient (Wildman–Crippen LogP) is 4.69. The molecule has 2 heterocycles. The molecule has 0 unspecified atom stereocenters. The molecule has 1 saturated heterocycles. The fraction of sp³-hybridized carbons (Fsp3) is 0.333. The summed E-state index contributed by atoms with van der Waals surface area (Å²) in [5, 5.41) is 13.1. The van der Waals surface area contributed by atoms with E-state index in [9.17, 15) is 9.59 Å². The van der Waals surface area contributed by atoms with Crippen LogP contribution in [-0.2, 0) is 11.2 Å². The number of ether oxygens (including phenoxy) is 1. The molecule has 2 aromatic carbocycles. The first kappa shape index (κ1) is 23.2. The Hall–Kier alpha value is -2.97. The number of halogens is 1. The van der Waals surface area contributed by atoms with Crippen molar-refractivity contribution in [1.29, 1.82) is 0 Å². The lowest BCUT2D eigenvalue weighted by Gasteiger charge is -2.31. The number of anilines is 1. The summed E-state index contributed by atoms with van der Waals surface area (Å²) in [6.07, 6.45) is 2.80. The topological polar surface area (TPSA) is 84.4 Å². The highest BCUT2D eigenvalue weighted by Crippen LogP contribution is 2.23. The normalized spacial score (nSPS) is 14.2. The molecule has 0 radical (unpaired) electrons. The highest BCUT2D eigenvalue weighted by Gasteiger charge is 2.28. The zero-order valence-electron chi connectivity index (χ0n) is 18.1. The van der Waals surface area contributed by atoms with Gasteiger partial charge in [0.2, 0.25) is 11.0 Å². The number of nitrogens with zero attached hydrogens (tertiary/aromatic N) is 3. The number of benzene rings is 2. The highest BCUT2D eigenvalue weighted by atomic mass is 35.5. The summed E-state index contributed by atoms with van der Waals surface area (Å²) in [4.78, 5) is 27.1. The van der Waals surface area contributed by atoms with E-state index in [4.69, 9.17) is 16.3 Å². The molecular formula is C24H25ClN4O3S. The maximum Gasteiger partial charge on any atom is 0.253 e. The molecule has 1 aliphatic rings. The minimum Gasteiger partial charge on any atom is -0.494 e. The molecule has 1 aromatic heterocycles. The van der Waals surface area contributed by atoms with Crippen LogP contribution < -0.4 is 10.1 Å². The van der Waals surface area contributed by atoms with Gasteiger partial charge in [0.1, 0.15) is 10.8 Å². The molecule has 0 atom stereocenters. The van der Waals surface area contributed by atoms with E-state index < -0.39 is 0 Å². The summed E-state index contributed by atoms with van der Waals surface area (Å²) in [6, 6.07) is 16.6. The Balaban J connectivity index is 1.19. The van der Waals surface area contributed by atoms with Gasteiger partial charge in [-0.1, -0.05) is 41.1 Å². The Labute approximate surface area is 201 Å². The van der Waals surface area contributed by atoms with Gasteiger partial charge < -0.3 is 15.0 Å². The molecule has 0 spiro atoms. The van der Waals surface area contributed by atoms with Crippen molar-refractivity contribution >= 4 is 39.9 Å². The van der Waals surface area contributed by atoms with Crippen molar-refractivity contribution < 1.29 is 14.3 Å². The Morgan fingerprint density at radius 2 is 1.79 bits per heavy atom. The SMILES string of the molecule is O=C(Nc1nnc(CCCOc2ccccc2)s1)C1CCN(C(=O)c2ccc(Cl)cc2)CC1. The van der Waals surface area contributed by atoms with Gasteiger partial charge in [0.25, 0.3) is 5.91 Å². The number of aromatic nitrogens is 2. The van der Waals surface area contributed by atoms with Crippen molar-refractivity contribution in [2.75, 3.05) is 25.0 Å². The lowest BCUT2D eigenvalue weighted by Crippen LogP contribution is -2.41. The Morgan fingerprint density at radius 1 is 1.06 bits per heavy atom. The molecule has 1 N–H and O–H groups in total. The number of nitrogens with one attached hydrogen (secondary N) is 1. The average Bonchev–Trinajstić information content (AvgIpc) is 3.29. The van der Waals surface area contributed by atoms with Crippen LogP contribution in [0.3, 0.4) is 0 Å². The van der Waals surface area contributed by atoms with E-state index >= 15 is 0 Å². The molecule has 0 bridgehead atoms. The molecule has 1 fully saturated rings. The third-order valence-electron chi connectivity index (χ3n) is 5.49. The van der Waals surface area contributed by atoms with Gasteiger partial charge in [0, 0.05) is 36.0 Å². The number of amides is 2. The van der Waals surface area contributed by atoms with Crippen molar-refractivity contribution in [1.82, 2.24) is 15.1 Å². The third-order valence-corrected chi connectivity index (χ3v) is 6.64. The molecule has 0 saturated carbocycles. The molecule has 33 heavy (non-hydrogen) atoms. The van der Waals surface area contributed by atoms with Gasteiger partial charge in [-0.2, -0.15) is 0 Å². The van der Waals surface area contributed by atoms with Gasteiger partial charge in [-0.05, 0) is 55.7 Å². The largest absolute Gasteiger partial charge is 0.494 e. The number of aryl methyl sites for hydroxylation is 1. The quantitative estimate of drug-likeness (QED) is 0.469. The number of hydrogen-bond donors (Lipinski definition) is 1. The molecule has 3 aromatic rings. The summed E-state index contributed by atoms with van der Waals surface area (Å²) in [7, 11) is 0. The zero-order valence-corrected chi connectivity index (χ0v) is 19.6. The lowest BCUT2D eigenvalue weighted by molar-refractivity contribution is -0.121. The maximum absolute atomic E-state index is 12.7. The molecule has 4 rings (SSSR count). The first-order valence-corrected chi connectivity index (χ1v) is 12.1. The second-order valence-electron chi connectivity index (χ2n) is 7.83. The first-order chi connectivity index (χ1) is 16.1. The number of rotatable bonds is 8. The van der Waals surface area contributed by atoms with E-state index in [2.05, 4.69) is 15.5 Å². The summed E-state index contributed by atoms with van der Waals surface area (Å²) < 4.78 is 5.69. The van der Waals surface area contributed by atoms with Crippen molar-refractivity contribution in [3.05, 3.63) is 70.2 Å². The Morgan fingerprint density at radius 3 is 2.52 bits per heavy atom.